The molecular formula is C15H18FNO3. The Bertz CT molecular complexity index is 533. The lowest BCUT2D eigenvalue weighted by molar-refractivity contribution is -0.128. The molecule has 0 N–H and O–H groups in total. The number of aryl methyl sites for hydroxylation is 2. The molecule has 5 heteroatoms. The van der Waals surface area contributed by atoms with Crippen LogP contribution in [0.15, 0.2) is 12.1 Å². The Morgan fingerprint density at radius 1 is 1.30 bits per heavy atom. The maximum absolute atomic E-state index is 13.5. The molecule has 2 rings (SSSR count). The highest BCUT2D eigenvalue weighted by molar-refractivity contribution is 5.90. The maximum atomic E-state index is 13.5. The highest BCUT2D eigenvalue weighted by Crippen LogP contribution is 2.18. The van der Waals surface area contributed by atoms with Crippen LogP contribution >= 0.6 is 0 Å². The molecular weight excluding hydrogens is 261 g/mol. The van der Waals surface area contributed by atoms with Crippen LogP contribution in [0.5, 0.6) is 0 Å². The molecule has 0 saturated carbocycles. The van der Waals surface area contributed by atoms with Gasteiger partial charge in [0.15, 0.2) is 0 Å². The van der Waals surface area contributed by atoms with Crippen LogP contribution in [-0.4, -0.2) is 36.0 Å². The molecule has 1 aromatic rings. The number of carbonyl (C=O) groups excluding carboxylic acids is 2. The summed E-state index contributed by atoms with van der Waals surface area (Å²) in [5, 5.41) is 0. The molecule has 1 atom stereocenters. The predicted octanol–water partition coefficient (Wildman–Crippen LogP) is 2.22. The number of benzene rings is 1. The van der Waals surface area contributed by atoms with Gasteiger partial charge in [-0.3, -0.25) is 4.79 Å². The molecule has 1 fully saturated rings. The van der Waals surface area contributed by atoms with Crippen LogP contribution in [0.3, 0.4) is 0 Å². The lowest BCUT2D eigenvalue weighted by atomic mass is 10.1. The first-order valence-electron chi connectivity index (χ1n) is 6.61. The summed E-state index contributed by atoms with van der Waals surface area (Å²) >= 11 is 0. The zero-order chi connectivity index (χ0) is 14.9. The van der Waals surface area contributed by atoms with E-state index in [1.54, 1.807) is 18.7 Å². The van der Waals surface area contributed by atoms with Crippen molar-refractivity contribution in [1.29, 1.82) is 0 Å². The van der Waals surface area contributed by atoms with Gasteiger partial charge in [-0.1, -0.05) is 0 Å². The molecule has 1 aliphatic rings. The first-order chi connectivity index (χ1) is 9.38. The van der Waals surface area contributed by atoms with Gasteiger partial charge in [0.2, 0.25) is 5.91 Å². The van der Waals surface area contributed by atoms with E-state index in [9.17, 15) is 14.0 Å². The third kappa shape index (κ3) is 2.98. The Kier molecular flexibility index (Phi) is 4.06. The standard InChI is InChI=1S/C15H18FNO3/c1-9-6-12(7-10(2)14(9)16)15(19)20-13-4-5-17(8-13)11(3)18/h6-7,13H,4-5,8H2,1-3H3/t13-/m0/s1. The number of likely N-dealkylation sites (tertiary alicyclic amines) is 1. The van der Waals surface area contributed by atoms with Crippen molar-refractivity contribution >= 4 is 11.9 Å². The number of halogens is 1. The zero-order valence-electron chi connectivity index (χ0n) is 11.9. The van der Waals surface area contributed by atoms with Crippen LogP contribution in [0.1, 0.15) is 34.8 Å². The SMILES string of the molecule is CC(=O)N1CC[C@H](OC(=O)c2cc(C)c(F)c(C)c2)C1. The minimum Gasteiger partial charge on any atom is -0.457 e. The van der Waals surface area contributed by atoms with E-state index in [0.29, 0.717) is 36.2 Å². The second-order valence-electron chi connectivity index (χ2n) is 5.21. The van der Waals surface area contributed by atoms with E-state index in [2.05, 4.69) is 0 Å². The van der Waals surface area contributed by atoms with Gasteiger partial charge in [-0.15, -0.1) is 0 Å². The monoisotopic (exact) mass is 279 g/mol. The van der Waals surface area contributed by atoms with Gasteiger partial charge < -0.3 is 9.64 Å². The van der Waals surface area contributed by atoms with Crippen LogP contribution in [0.4, 0.5) is 4.39 Å². The summed E-state index contributed by atoms with van der Waals surface area (Å²) in [6.45, 7) is 5.77. The summed E-state index contributed by atoms with van der Waals surface area (Å²) in [7, 11) is 0. The largest absolute Gasteiger partial charge is 0.457 e. The second-order valence-corrected chi connectivity index (χ2v) is 5.21. The summed E-state index contributed by atoms with van der Waals surface area (Å²) in [4.78, 5) is 24.9. The number of ether oxygens (including phenoxy) is 1. The van der Waals surface area contributed by atoms with Gasteiger partial charge in [-0.2, -0.15) is 0 Å². The lowest BCUT2D eigenvalue weighted by Gasteiger charge is -2.15. The Labute approximate surface area is 117 Å². The van der Waals surface area contributed by atoms with Crippen LogP contribution in [-0.2, 0) is 9.53 Å². The molecule has 0 unspecified atom stereocenters. The van der Waals surface area contributed by atoms with Crippen molar-refractivity contribution < 1.29 is 18.7 Å². The van der Waals surface area contributed by atoms with Crippen LogP contribution < -0.4 is 0 Å². The van der Waals surface area contributed by atoms with E-state index in [-0.39, 0.29) is 17.8 Å². The molecule has 1 aliphatic heterocycles. The quantitative estimate of drug-likeness (QED) is 0.780. The molecule has 1 heterocycles. The Balaban J connectivity index is 2.04. The van der Waals surface area contributed by atoms with E-state index in [1.807, 2.05) is 0 Å². The number of hydrogen-bond acceptors (Lipinski definition) is 3. The predicted molar refractivity (Wildman–Crippen MR) is 71.9 cm³/mol. The molecule has 108 valence electrons. The molecule has 4 nitrogen and oxygen atoms in total. The van der Waals surface area contributed by atoms with Gasteiger partial charge in [0.1, 0.15) is 11.9 Å². The first kappa shape index (κ1) is 14.5. The average molecular weight is 279 g/mol. The fourth-order valence-electron chi connectivity index (χ4n) is 2.39. The van der Waals surface area contributed by atoms with Crippen molar-refractivity contribution in [2.24, 2.45) is 0 Å². The van der Waals surface area contributed by atoms with Gasteiger partial charge in [-0.05, 0) is 37.1 Å². The summed E-state index contributed by atoms with van der Waals surface area (Å²) in [5.41, 5.74) is 1.20. The topological polar surface area (TPSA) is 46.6 Å². The molecule has 0 radical (unpaired) electrons. The van der Waals surface area contributed by atoms with Crippen LogP contribution in [0, 0.1) is 19.7 Å². The number of hydrogen-bond donors (Lipinski definition) is 0. The summed E-state index contributed by atoms with van der Waals surface area (Å²) in [6.07, 6.45) is 0.363. The fraction of sp³-hybridized carbons (Fsp3) is 0.467. The fourth-order valence-corrected chi connectivity index (χ4v) is 2.39. The van der Waals surface area contributed by atoms with E-state index in [4.69, 9.17) is 4.74 Å². The zero-order valence-corrected chi connectivity index (χ0v) is 11.9. The maximum Gasteiger partial charge on any atom is 0.338 e. The average Bonchev–Trinajstić information content (AvgIpc) is 2.84. The Morgan fingerprint density at radius 3 is 2.40 bits per heavy atom. The van der Waals surface area contributed by atoms with E-state index in [0.717, 1.165) is 0 Å². The lowest BCUT2D eigenvalue weighted by Crippen LogP contribution is -2.28. The van der Waals surface area contributed by atoms with Crippen molar-refractivity contribution in [3.8, 4) is 0 Å². The first-order valence-corrected chi connectivity index (χ1v) is 6.61. The van der Waals surface area contributed by atoms with Crippen molar-refractivity contribution in [2.75, 3.05) is 13.1 Å². The highest BCUT2D eigenvalue weighted by atomic mass is 19.1. The highest BCUT2D eigenvalue weighted by Gasteiger charge is 2.27. The molecule has 0 spiro atoms. The smallest absolute Gasteiger partial charge is 0.338 e. The van der Waals surface area contributed by atoms with Crippen LogP contribution in [0.2, 0.25) is 0 Å². The van der Waals surface area contributed by atoms with Crippen molar-refractivity contribution in [3.05, 3.63) is 34.6 Å². The number of nitrogens with zero attached hydrogens (tertiary/aromatic N) is 1. The van der Waals surface area contributed by atoms with Crippen molar-refractivity contribution in [1.82, 2.24) is 4.90 Å². The Hall–Kier alpha value is -1.91. The summed E-state index contributed by atoms with van der Waals surface area (Å²) in [6, 6.07) is 2.98. The van der Waals surface area contributed by atoms with E-state index in [1.165, 1.54) is 19.1 Å². The third-order valence-electron chi connectivity index (χ3n) is 3.54. The van der Waals surface area contributed by atoms with Gasteiger partial charge in [-0.25, -0.2) is 9.18 Å². The van der Waals surface area contributed by atoms with Gasteiger partial charge in [0, 0.05) is 19.9 Å². The van der Waals surface area contributed by atoms with Gasteiger partial charge >= 0.3 is 5.97 Å². The van der Waals surface area contributed by atoms with Crippen molar-refractivity contribution in [3.63, 3.8) is 0 Å². The number of esters is 1. The van der Waals surface area contributed by atoms with E-state index >= 15 is 0 Å². The Morgan fingerprint density at radius 2 is 1.90 bits per heavy atom. The minimum atomic E-state index is -0.466. The molecule has 1 saturated heterocycles. The number of carbonyl (C=O) groups is 2. The molecule has 1 aromatic carbocycles. The molecule has 0 bridgehead atoms. The number of rotatable bonds is 2. The van der Waals surface area contributed by atoms with Gasteiger partial charge in [0.25, 0.3) is 0 Å². The van der Waals surface area contributed by atoms with Crippen LogP contribution in [0.25, 0.3) is 0 Å². The van der Waals surface area contributed by atoms with E-state index < -0.39 is 5.97 Å². The molecule has 0 aromatic heterocycles. The summed E-state index contributed by atoms with van der Waals surface area (Å²) in [5.74, 6) is -0.784. The molecule has 20 heavy (non-hydrogen) atoms. The van der Waals surface area contributed by atoms with Gasteiger partial charge in [0.05, 0.1) is 12.1 Å². The minimum absolute atomic E-state index is 0.0166. The van der Waals surface area contributed by atoms with Crippen molar-refractivity contribution in [2.45, 2.75) is 33.3 Å². The second kappa shape index (κ2) is 5.61. The molecule has 0 aliphatic carbocycles. The third-order valence-corrected chi connectivity index (χ3v) is 3.54. The molecule has 1 amide bonds. The summed E-state index contributed by atoms with van der Waals surface area (Å²) < 4.78 is 18.9. The number of amides is 1. The normalized spacial score (nSPS) is 18.2.